The molecule has 0 aromatic heterocycles. The largest absolute Gasteiger partial charge is 0.287 e. The Hall–Kier alpha value is -1.34. The first-order valence-electron chi connectivity index (χ1n) is 5.65. The topological polar surface area (TPSA) is 3.24 Å². The Kier molecular flexibility index (Phi) is 4.51. The van der Waals surface area contributed by atoms with Gasteiger partial charge >= 0.3 is 0 Å². The van der Waals surface area contributed by atoms with Crippen LogP contribution in [0.4, 0.5) is 0 Å². The summed E-state index contributed by atoms with van der Waals surface area (Å²) in [5, 5.41) is 0. The predicted molar refractivity (Wildman–Crippen MR) is 71.4 cm³/mol. The first kappa shape index (κ1) is 12.7. The Morgan fingerprint density at radius 1 is 1.06 bits per heavy atom. The van der Waals surface area contributed by atoms with E-state index in [4.69, 9.17) is 0 Å². The number of rotatable bonds is 6. The van der Waals surface area contributed by atoms with Crippen molar-refractivity contribution >= 4 is 0 Å². The maximum absolute atomic E-state index is 3.81. The molecule has 86 valence electrons. The van der Waals surface area contributed by atoms with Crippen LogP contribution in [0.1, 0.15) is 19.4 Å². The molecular formula is C15H21N. The Bertz CT molecular complexity index is 328. The van der Waals surface area contributed by atoms with Crippen LogP contribution in [0.5, 0.6) is 0 Å². The second-order valence-electron chi connectivity index (χ2n) is 4.41. The summed E-state index contributed by atoms with van der Waals surface area (Å²) in [4.78, 5) is 2.35. The summed E-state index contributed by atoms with van der Waals surface area (Å²) in [6.07, 6.45) is 3.88. The standard InChI is InChI=1S/C15H21N/c1-5-12-16(13-6-2)15(3,4)14-10-8-7-9-11-14/h5-11H,1-2,12-13H2,3-4H3. The predicted octanol–water partition coefficient (Wildman–Crippen LogP) is 3.60. The van der Waals surface area contributed by atoms with Gasteiger partial charge in [-0.25, -0.2) is 0 Å². The highest BCUT2D eigenvalue weighted by Crippen LogP contribution is 2.27. The minimum absolute atomic E-state index is 0.00361. The third-order valence-electron chi connectivity index (χ3n) is 2.97. The summed E-state index contributed by atoms with van der Waals surface area (Å²) in [7, 11) is 0. The fraction of sp³-hybridized carbons (Fsp3) is 0.333. The summed E-state index contributed by atoms with van der Waals surface area (Å²) in [6, 6.07) is 10.5. The van der Waals surface area contributed by atoms with E-state index < -0.39 is 0 Å². The van der Waals surface area contributed by atoms with Gasteiger partial charge in [-0.15, -0.1) is 13.2 Å². The van der Waals surface area contributed by atoms with E-state index in [0.29, 0.717) is 0 Å². The third-order valence-corrected chi connectivity index (χ3v) is 2.97. The maximum Gasteiger partial charge on any atom is 0.0411 e. The van der Waals surface area contributed by atoms with Crippen molar-refractivity contribution in [2.24, 2.45) is 0 Å². The van der Waals surface area contributed by atoms with E-state index in [1.54, 1.807) is 0 Å². The quantitative estimate of drug-likeness (QED) is 0.655. The van der Waals surface area contributed by atoms with Gasteiger partial charge < -0.3 is 0 Å². The van der Waals surface area contributed by atoms with Crippen LogP contribution in [0, 0.1) is 0 Å². The Morgan fingerprint density at radius 3 is 2.00 bits per heavy atom. The van der Waals surface area contributed by atoms with Crippen molar-refractivity contribution in [2.75, 3.05) is 13.1 Å². The molecule has 0 aliphatic heterocycles. The highest BCUT2D eigenvalue weighted by Gasteiger charge is 2.26. The molecule has 1 nitrogen and oxygen atoms in total. The van der Waals surface area contributed by atoms with E-state index in [9.17, 15) is 0 Å². The van der Waals surface area contributed by atoms with E-state index in [0.717, 1.165) is 13.1 Å². The Labute approximate surface area is 99.1 Å². The average molecular weight is 215 g/mol. The molecule has 0 aliphatic carbocycles. The van der Waals surface area contributed by atoms with Crippen molar-refractivity contribution in [1.82, 2.24) is 4.90 Å². The number of benzene rings is 1. The van der Waals surface area contributed by atoms with Crippen molar-refractivity contribution in [1.29, 1.82) is 0 Å². The van der Waals surface area contributed by atoms with Gasteiger partial charge in [-0.1, -0.05) is 42.5 Å². The van der Waals surface area contributed by atoms with Crippen LogP contribution in [-0.4, -0.2) is 18.0 Å². The second-order valence-corrected chi connectivity index (χ2v) is 4.41. The number of nitrogens with zero attached hydrogens (tertiary/aromatic N) is 1. The number of hydrogen-bond acceptors (Lipinski definition) is 1. The van der Waals surface area contributed by atoms with Crippen LogP contribution >= 0.6 is 0 Å². The first-order valence-corrected chi connectivity index (χ1v) is 5.65. The zero-order valence-corrected chi connectivity index (χ0v) is 10.3. The monoisotopic (exact) mass is 215 g/mol. The molecule has 0 heterocycles. The normalized spacial score (nSPS) is 11.4. The van der Waals surface area contributed by atoms with Gasteiger partial charge in [0, 0.05) is 18.6 Å². The van der Waals surface area contributed by atoms with Crippen LogP contribution < -0.4 is 0 Å². The van der Waals surface area contributed by atoms with Crippen molar-refractivity contribution in [3.05, 3.63) is 61.2 Å². The molecule has 16 heavy (non-hydrogen) atoms. The molecule has 0 amide bonds. The second kappa shape index (κ2) is 5.66. The molecule has 0 N–H and O–H groups in total. The van der Waals surface area contributed by atoms with Gasteiger partial charge in [0.05, 0.1) is 0 Å². The van der Waals surface area contributed by atoms with Crippen molar-refractivity contribution in [3.63, 3.8) is 0 Å². The lowest BCUT2D eigenvalue weighted by molar-refractivity contribution is 0.153. The highest BCUT2D eigenvalue weighted by molar-refractivity contribution is 5.23. The molecule has 0 bridgehead atoms. The summed E-state index contributed by atoms with van der Waals surface area (Å²) < 4.78 is 0. The Balaban J connectivity index is 2.96. The van der Waals surface area contributed by atoms with E-state index >= 15 is 0 Å². The smallest absolute Gasteiger partial charge is 0.0411 e. The van der Waals surface area contributed by atoms with Gasteiger partial charge in [-0.3, -0.25) is 4.90 Å². The molecule has 0 fully saturated rings. The molecule has 1 heteroatoms. The van der Waals surface area contributed by atoms with Gasteiger partial charge in [0.2, 0.25) is 0 Å². The molecule has 0 unspecified atom stereocenters. The van der Waals surface area contributed by atoms with E-state index in [1.807, 2.05) is 18.2 Å². The zero-order chi connectivity index (χ0) is 12.0. The van der Waals surface area contributed by atoms with Crippen molar-refractivity contribution < 1.29 is 0 Å². The lowest BCUT2D eigenvalue weighted by atomic mass is 9.92. The van der Waals surface area contributed by atoms with Crippen LogP contribution in [0.15, 0.2) is 55.6 Å². The van der Waals surface area contributed by atoms with Gasteiger partial charge in [-0.05, 0) is 19.4 Å². The molecule has 1 rings (SSSR count). The molecular weight excluding hydrogens is 194 g/mol. The van der Waals surface area contributed by atoms with E-state index in [2.05, 4.69) is 56.2 Å². The lowest BCUT2D eigenvalue weighted by Gasteiger charge is -2.38. The number of hydrogen-bond donors (Lipinski definition) is 0. The first-order chi connectivity index (χ1) is 7.62. The van der Waals surface area contributed by atoms with Gasteiger partial charge in [-0.2, -0.15) is 0 Å². The molecule has 1 aromatic rings. The van der Waals surface area contributed by atoms with Crippen LogP contribution in [0.3, 0.4) is 0 Å². The van der Waals surface area contributed by atoms with E-state index in [-0.39, 0.29) is 5.54 Å². The summed E-state index contributed by atoms with van der Waals surface area (Å²) >= 11 is 0. The highest BCUT2D eigenvalue weighted by atomic mass is 15.2. The minimum atomic E-state index is 0.00361. The summed E-state index contributed by atoms with van der Waals surface area (Å²) in [5.74, 6) is 0. The van der Waals surface area contributed by atoms with Gasteiger partial charge in [0.1, 0.15) is 0 Å². The van der Waals surface area contributed by atoms with Gasteiger partial charge in [0.25, 0.3) is 0 Å². The Morgan fingerprint density at radius 2 is 1.56 bits per heavy atom. The third kappa shape index (κ3) is 2.83. The van der Waals surface area contributed by atoms with Crippen LogP contribution in [0.2, 0.25) is 0 Å². The lowest BCUT2D eigenvalue weighted by Crippen LogP contribution is -2.41. The average Bonchev–Trinajstić information content (AvgIpc) is 2.30. The van der Waals surface area contributed by atoms with Crippen LogP contribution in [-0.2, 0) is 5.54 Å². The SMILES string of the molecule is C=CCN(CC=C)C(C)(C)c1ccccc1. The molecule has 0 spiro atoms. The van der Waals surface area contributed by atoms with Crippen LogP contribution in [0.25, 0.3) is 0 Å². The van der Waals surface area contributed by atoms with Crippen molar-refractivity contribution in [2.45, 2.75) is 19.4 Å². The molecule has 0 saturated carbocycles. The van der Waals surface area contributed by atoms with E-state index in [1.165, 1.54) is 5.56 Å². The molecule has 0 saturated heterocycles. The summed E-state index contributed by atoms with van der Waals surface area (Å²) in [5.41, 5.74) is 1.32. The zero-order valence-electron chi connectivity index (χ0n) is 10.3. The van der Waals surface area contributed by atoms with Crippen molar-refractivity contribution in [3.8, 4) is 0 Å². The molecule has 0 aliphatic rings. The fourth-order valence-electron chi connectivity index (χ4n) is 1.87. The molecule has 0 atom stereocenters. The maximum atomic E-state index is 3.81. The fourth-order valence-corrected chi connectivity index (χ4v) is 1.87. The molecule has 0 radical (unpaired) electrons. The van der Waals surface area contributed by atoms with Gasteiger partial charge in [0.15, 0.2) is 0 Å². The minimum Gasteiger partial charge on any atom is -0.287 e. The molecule has 1 aromatic carbocycles. The summed E-state index contributed by atoms with van der Waals surface area (Å²) in [6.45, 7) is 13.8.